The van der Waals surface area contributed by atoms with Crippen LogP contribution in [0.3, 0.4) is 0 Å². The highest BCUT2D eigenvalue weighted by molar-refractivity contribution is 5.69. The van der Waals surface area contributed by atoms with Crippen LogP contribution in [-0.2, 0) is 28.4 Å². The maximum absolute atomic E-state index is 13.0. The lowest BCUT2D eigenvalue weighted by Gasteiger charge is -2.58. The Morgan fingerprint density at radius 1 is 0.788 bits per heavy atom. The van der Waals surface area contributed by atoms with Gasteiger partial charge in [0.05, 0.1) is 5.48 Å². The van der Waals surface area contributed by atoms with Gasteiger partial charge in [-0.15, -0.1) is 0 Å². The van der Waals surface area contributed by atoms with Crippen molar-refractivity contribution in [2.45, 2.75) is 153 Å². The fourth-order valence-corrected chi connectivity index (χ4v) is 11.2. The van der Waals surface area contributed by atoms with Crippen molar-refractivity contribution in [3.63, 3.8) is 0 Å². The first-order valence-electron chi connectivity index (χ1n) is 21.1. The smallest absolute Gasteiger partial charge is 0.410 e. The van der Waals surface area contributed by atoms with Crippen molar-refractivity contribution < 1.29 is 42.0 Å². The molecule has 0 unspecified atom stereocenters. The van der Waals surface area contributed by atoms with Crippen LogP contribution in [0.25, 0.3) is 0 Å². The molecule has 0 radical (unpaired) electrons. The van der Waals surface area contributed by atoms with Gasteiger partial charge in [0.25, 0.3) is 12.9 Å². The highest BCUT2D eigenvalue weighted by Gasteiger charge is 2.55. The predicted molar refractivity (Wildman–Crippen MR) is 196 cm³/mol. The molecule has 0 N–H and O–H groups in total. The Bertz CT molecular complexity index is 1740. The number of likely N-dealkylation sites (tertiary alicyclic amines) is 1. The lowest BCUT2D eigenvalue weighted by atomic mass is 9.49. The van der Waals surface area contributed by atoms with Crippen molar-refractivity contribution in [1.82, 2.24) is 4.90 Å². The second-order valence-corrected chi connectivity index (χ2v) is 16.7. The topological polar surface area (TPSA) is 48.0 Å². The number of benzene rings is 2. The van der Waals surface area contributed by atoms with Gasteiger partial charge in [0.2, 0.25) is 0 Å². The molecule has 288 valence electrons. The van der Waals surface area contributed by atoms with E-state index in [9.17, 15) is 22.4 Å². The summed E-state index contributed by atoms with van der Waals surface area (Å²) in [4.78, 5) is 14.8. The van der Waals surface area contributed by atoms with Gasteiger partial charge in [0, 0.05) is 18.0 Å². The normalized spacial score (nSPS) is 31.7. The van der Waals surface area contributed by atoms with Gasteiger partial charge in [0.15, 0.2) is 0 Å². The Morgan fingerprint density at radius 3 is 1.90 bits per heavy atom. The molecular weight excluding hydrogens is 670 g/mol. The van der Waals surface area contributed by atoms with Crippen LogP contribution in [0.1, 0.15) is 133 Å². The van der Waals surface area contributed by atoms with Crippen molar-refractivity contribution >= 4 is 6.09 Å². The minimum Gasteiger partial charge on any atom is -0.488 e. The Balaban J connectivity index is 0.000000192. The molecular formula is C43H59F4NO4. The van der Waals surface area contributed by atoms with E-state index in [4.69, 9.17) is 19.7 Å². The Hall–Kier alpha value is -2.97. The lowest BCUT2D eigenvalue weighted by molar-refractivity contribution is -0.0349. The third kappa shape index (κ3) is 7.53. The molecule has 4 fully saturated rings. The second kappa shape index (κ2) is 15.4. The number of fused-ring (bicyclic) bond motifs is 2. The Morgan fingerprint density at radius 2 is 1.33 bits per heavy atom. The third-order valence-corrected chi connectivity index (χ3v) is 12.9. The van der Waals surface area contributed by atoms with Gasteiger partial charge in [0.1, 0.15) is 30.2 Å². The molecule has 0 spiro atoms. The summed E-state index contributed by atoms with van der Waals surface area (Å²) in [7, 11) is 0. The summed E-state index contributed by atoms with van der Waals surface area (Å²) in [5.74, 6) is 2.11. The molecule has 4 bridgehead atoms. The molecule has 1 saturated heterocycles. The monoisotopic (exact) mass is 733 g/mol. The average molecular weight is 734 g/mol. The molecule has 6 atom stereocenters. The van der Waals surface area contributed by atoms with Crippen LogP contribution in [0.4, 0.5) is 22.4 Å². The van der Waals surface area contributed by atoms with E-state index in [1.54, 1.807) is 18.2 Å². The van der Waals surface area contributed by atoms with E-state index in [1.165, 1.54) is 56.1 Å². The molecule has 0 aromatic heterocycles. The van der Waals surface area contributed by atoms with Crippen LogP contribution in [0, 0.1) is 17.8 Å². The molecule has 8 rings (SSSR count). The number of halogens is 4. The quantitative estimate of drug-likeness (QED) is 0.277. The van der Waals surface area contributed by atoms with Crippen LogP contribution in [0.2, 0.25) is 0 Å². The summed E-state index contributed by atoms with van der Waals surface area (Å²) in [6.07, 6.45) is 8.73. The molecule has 3 saturated carbocycles. The summed E-state index contributed by atoms with van der Waals surface area (Å²) in [6.45, 7) is 0.232. The molecule has 52 heavy (non-hydrogen) atoms. The van der Waals surface area contributed by atoms with Gasteiger partial charge in [-0.3, -0.25) is 0 Å². The van der Waals surface area contributed by atoms with Gasteiger partial charge in [-0.05, 0) is 148 Å². The van der Waals surface area contributed by atoms with E-state index in [0.29, 0.717) is 18.9 Å². The number of carbonyl (C=O) groups is 1. The number of hydrogen-bond donors (Lipinski definition) is 0. The van der Waals surface area contributed by atoms with E-state index < -0.39 is 31.6 Å². The molecule has 6 aliphatic rings. The standard InChI is InChI=1S/C23H31F2NO3.C19H24F2O.CH4/c1-22(2,3)29-21(27)26-11-10-23-9-5-4-6-17(23)19(26)12-15-7-8-16(13-18(15)23)28-14-20(24)25;20-18(21)12-22-15-7-6-14-10-13-4-3-9-19(17(14)11-15)8-2-1-5-16(13)19;/h7-8,13,17,19-20H,4-6,9-12,14H2,1-3H3;6-7,11,13,16,18H,1-5,8-10,12H2;1H4/t17-,19+,23+;13-,16+,19-;/m10./s1/i14D2;12D2;. The fourth-order valence-electron chi connectivity index (χ4n) is 11.2. The second-order valence-electron chi connectivity index (χ2n) is 16.7. The zero-order valence-electron chi connectivity index (χ0n) is 34.1. The number of carbonyl (C=O) groups excluding carboxylic acids is 1. The van der Waals surface area contributed by atoms with Crippen molar-refractivity contribution in [3.05, 3.63) is 58.7 Å². The number of nitrogens with zero attached hydrogens (tertiary/aromatic N) is 1. The third-order valence-electron chi connectivity index (χ3n) is 12.9. The van der Waals surface area contributed by atoms with Crippen LogP contribution in [0.15, 0.2) is 36.4 Å². The Labute approximate surface area is 313 Å². The molecule has 9 heteroatoms. The molecule has 1 amide bonds. The molecule has 5 aliphatic carbocycles. The SMILES string of the molecule is C.[2H]C([2H])(Oc1ccc2c(c1)[C@]13CCCC[C@@H]1[C@@H](CCC3)C2)C(F)F.[2H]C([2H])(Oc1ccc2c(c1)[C@]13CCCC[C@@H]1[C@H](C2)N(C(=O)OC(C)(C)C)CC3)C(F)F. The van der Waals surface area contributed by atoms with Crippen LogP contribution < -0.4 is 9.47 Å². The Kier molecular flexibility index (Phi) is 9.95. The van der Waals surface area contributed by atoms with Gasteiger partial charge in [-0.1, -0.05) is 51.7 Å². The molecule has 2 aromatic carbocycles. The van der Waals surface area contributed by atoms with Crippen LogP contribution in [0.5, 0.6) is 11.5 Å². The van der Waals surface area contributed by atoms with Gasteiger partial charge in [-0.25, -0.2) is 22.4 Å². The summed E-state index contributed by atoms with van der Waals surface area (Å²) in [6, 6.07) is 10.8. The predicted octanol–water partition coefficient (Wildman–Crippen LogP) is 11.1. The van der Waals surface area contributed by atoms with Crippen LogP contribution >= 0.6 is 0 Å². The van der Waals surface area contributed by atoms with E-state index in [0.717, 1.165) is 55.6 Å². The fraction of sp³-hybridized carbons (Fsp3) is 0.698. The van der Waals surface area contributed by atoms with E-state index >= 15 is 0 Å². The van der Waals surface area contributed by atoms with Gasteiger partial charge >= 0.3 is 6.09 Å². The minimum absolute atomic E-state index is 0. The summed E-state index contributed by atoms with van der Waals surface area (Å²) in [5.41, 5.74) is 4.23. The van der Waals surface area contributed by atoms with Crippen molar-refractivity contribution in [2.75, 3.05) is 19.7 Å². The largest absolute Gasteiger partial charge is 0.488 e. The van der Waals surface area contributed by atoms with E-state index in [2.05, 4.69) is 0 Å². The van der Waals surface area contributed by atoms with Crippen molar-refractivity contribution in [2.24, 2.45) is 17.8 Å². The first-order chi connectivity index (χ1) is 25.9. The highest BCUT2D eigenvalue weighted by Crippen LogP contribution is 2.59. The zero-order chi connectivity index (χ0) is 39.6. The molecule has 1 heterocycles. The number of hydrogen-bond acceptors (Lipinski definition) is 4. The van der Waals surface area contributed by atoms with E-state index in [1.807, 2.05) is 43.9 Å². The highest BCUT2D eigenvalue weighted by atomic mass is 19.3. The van der Waals surface area contributed by atoms with E-state index in [-0.39, 0.29) is 47.8 Å². The summed E-state index contributed by atoms with van der Waals surface area (Å²) in [5, 5.41) is 0. The maximum atomic E-state index is 13.0. The first kappa shape index (κ1) is 33.6. The number of amides is 1. The minimum atomic E-state index is -3.23. The van der Waals surface area contributed by atoms with Gasteiger partial charge in [-0.2, -0.15) is 0 Å². The summed E-state index contributed by atoms with van der Waals surface area (Å²) < 4.78 is 97.0. The number of rotatable bonds is 6. The molecule has 5 nitrogen and oxygen atoms in total. The first-order valence-corrected chi connectivity index (χ1v) is 19.1. The van der Waals surface area contributed by atoms with Crippen molar-refractivity contribution in [1.29, 1.82) is 0 Å². The molecule has 2 aromatic rings. The van der Waals surface area contributed by atoms with Crippen LogP contribution in [-0.4, -0.2) is 55.1 Å². The number of alkyl halides is 4. The number of ether oxygens (including phenoxy) is 3. The molecule has 1 aliphatic heterocycles. The number of piperidine rings is 1. The van der Waals surface area contributed by atoms with Gasteiger partial charge < -0.3 is 19.1 Å². The van der Waals surface area contributed by atoms with Crippen molar-refractivity contribution in [3.8, 4) is 11.5 Å². The maximum Gasteiger partial charge on any atom is 0.410 e. The zero-order valence-corrected chi connectivity index (χ0v) is 30.1. The summed E-state index contributed by atoms with van der Waals surface area (Å²) >= 11 is 0. The lowest BCUT2D eigenvalue weighted by Crippen LogP contribution is -2.62. The average Bonchev–Trinajstić information content (AvgIpc) is 3.11.